The minimum Gasteiger partial charge on any atom is -0.489 e. The van der Waals surface area contributed by atoms with Gasteiger partial charge in [0, 0.05) is 31.9 Å². The number of nitrogens with one attached hydrogen (secondary N) is 1. The van der Waals surface area contributed by atoms with Crippen molar-refractivity contribution in [1.82, 2.24) is 14.8 Å². The summed E-state index contributed by atoms with van der Waals surface area (Å²) in [5.74, 6) is 0.202. The monoisotopic (exact) mass is 457 g/mol. The number of morpholine rings is 1. The van der Waals surface area contributed by atoms with Crippen molar-refractivity contribution in [2.24, 2.45) is 7.05 Å². The molecule has 0 unspecified atom stereocenters. The molecule has 0 aromatic carbocycles. The summed E-state index contributed by atoms with van der Waals surface area (Å²) >= 11 is 3.41. The first-order valence-electron chi connectivity index (χ1n) is 9.25. The highest BCUT2D eigenvalue weighted by atomic mass is 79.9. The summed E-state index contributed by atoms with van der Waals surface area (Å²) in [6, 6.07) is 0.621. The molecule has 0 radical (unpaired) electrons. The molecule has 28 heavy (non-hydrogen) atoms. The van der Waals surface area contributed by atoms with E-state index < -0.39 is 12.1 Å². The Morgan fingerprint density at radius 1 is 1.32 bits per heavy atom. The zero-order valence-electron chi connectivity index (χ0n) is 15.6. The van der Waals surface area contributed by atoms with Gasteiger partial charge in [-0.2, -0.15) is 0 Å². The fourth-order valence-corrected chi connectivity index (χ4v) is 4.04. The van der Waals surface area contributed by atoms with Gasteiger partial charge < -0.3 is 24.5 Å². The molecule has 1 aromatic heterocycles. The summed E-state index contributed by atoms with van der Waals surface area (Å²) in [5.41, 5.74) is -0.142. The molecular formula is C18H24BrN3O6. The predicted molar refractivity (Wildman–Crippen MR) is 104 cm³/mol. The zero-order chi connectivity index (χ0) is 20.3. The lowest BCUT2D eigenvalue weighted by Gasteiger charge is -2.35. The molecule has 1 saturated carbocycles. The topological polar surface area (TPSA) is 110 Å². The van der Waals surface area contributed by atoms with E-state index in [1.165, 1.54) is 10.6 Å². The molecule has 1 aliphatic carbocycles. The largest absolute Gasteiger partial charge is 0.489 e. The number of hydrogen-bond acceptors (Lipinski definition) is 5. The van der Waals surface area contributed by atoms with Gasteiger partial charge >= 0.3 is 6.09 Å². The van der Waals surface area contributed by atoms with E-state index >= 15 is 0 Å². The molecular weight excluding hydrogens is 434 g/mol. The molecule has 1 atom stereocenters. The average molecular weight is 458 g/mol. The number of pyridine rings is 1. The number of carbonyl (C=O) groups is 2. The molecule has 10 heteroatoms. The normalized spacial score (nSPS) is 25.2. The molecule has 1 aliphatic heterocycles. The number of amides is 2. The van der Waals surface area contributed by atoms with E-state index in [1.54, 1.807) is 13.2 Å². The van der Waals surface area contributed by atoms with Crippen LogP contribution in [0.25, 0.3) is 0 Å². The summed E-state index contributed by atoms with van der Waals surface area (Å²) in [6.45, 7) is 0.573. The second-order valence-corrected chi connectivity index (χ2v) is 7.96. The molecule has 1 saturated heterocycles. The SMILES string of the molecule is Cn1cc(Br)c(OC2CCC(NC(=O)[C@@H]3COCCN3C(=O)O)CC2)cc1=O. The smallest absolute Gasteiger partial charge is 0.408 e. The van der Waals surface area contributed by atoms with E-state index in [2.05, 4.69) is 21.2 Å². The molecule has 0 spiro atoms. The third-order valence-electron chi connectivity index (χ3n) is 5.14. The summed E-state index contributed by atoms with van der Waals surface area (Å²) in [5, 5.41) is 12.2. The molecule has 2 heterocycles. The van der Waals surface area contributed by atoms with Crippen LogP contribution in [0.3, 0.4) is 0 Å². The van der Waals surface area contributed by atoms with Gasteiger partial charge in [0.05, 0.1) is 23.8 Å². The van der Waals surface area contributed by atoms with Gasteiger partial charge in [-0.05, 0) is 41.6 Å². The fraction of sp³-hybridized carbons (Fsp3) is 0.611. The van der Waals surface area contributed by atoms with Gasteiger partial charge in [-0.3, -0.25) is 14.5 Å². The van der Waals surface area contributed by atoms with Crippen molar-refractivity contribution >= 4 is 27.9 Å². The molecule has 9 nitrogen and oxygen atoms in total. The van der Waals surface area contributed by atoms with Crippen LogP contribution in [0, 0.1) is 0 Å². The van der Waals surface area contributed by atoms with Crippen LogP contribution in [0.4, 0.5) is 4.79 Å². The van der Waals surface area contributed by atoms with Gasteiger partial charge in [-0.25, -0.2) is 4.79 Å². The van der Waals surface area contributed by atoms with Crippen molar-refractivity contribution in [2.75, 3.05) is 19.8 Å². The molecule has 1 aromatic rings. The highest BCUT2D eigenvalue weighted by molar-refractivity contribution is 9.10. The van der Waals surface area contributed by atoms with Gasteiger partial charge in [-0.1, -0.05) is 0 Å². The number of carbonyl (C=O) groups excluding carboxylic acids is 1. The molecule has 3 rings (SSSR count). The van der Waals surface area contributed by atoms with Crippen LogP contribution < -0.4 is 15.6 Å². The van der Waals surface area contributed by atoms with Crippen molar-refractivity contribution < 1.29 is 24.2 Å². The lowest BCUT2D eigenvalue weighted by molar-refractivity contribution is -0.132. The van der Waals surface area contributed by atoms with E-state index in [-0.39, 0.29) is 36.8 Å². The Balaban J connectivity index is 1.51. The maximum absolute atomic E-state index is 12.5. The summed E-state index contributed by atoms with van der Waals surface area (Å²) in [7, 11) is 1.67. The number of carboxylic acid groups (broad SMARTS) is 1. The van der Waals surface area contributed by atoms with Gasteiger partial charge in [-0.15, -0.1) is 0 Å². The summed E-state index contributed by atoms with van der Waals surface area (Å²) in [4.78, 5) is 36.7. The van der Waals surface area contributed by atoms with Gasteiger partial charge in [0.1, 0.15) is 11.8 Å². The molecule has 2 amide bonds. The molecule has 2 fully saturated rings. The fourth-order valence-electron chi connectivity index (χ4n) is 3.52. The third-order valence-corrected chi connectivity index (χ3v) is 5.73. The minimum atomic E-state index is -1.11. The Morgan fingerprint density at radius 2 is 2.04 bits per heavy atom. The van der Waals surface area contributed by atoms with Gasteiger partial charge in [0.2, 0.25) is 5.91 Å². The standard InChI is InChI=1S/C18H24BrN3O6/c1-21-9-13(19)15(8-16(21)23)28-12-4-2-11(3-5-12)20-17(24)14-10-27-7-6-22(14)18(25)26/h8-9,11-12,14H,2-7,10H2,1H3,(H,20,24)(H,25,26)/t11?,12?,14-/m0/s1. The predicted octanol–water partition coefficient (Wildman–Crippen LogP) is 1.33. The number of aryl methyl sites for hydroxylation is 1. The highest BCUT2D eigenvalue weighted by Crippen LogP contribution is 2.28. The second kappa shape index (κ2) is 8.95. The minimum absolute atomic E-state index is 0.0306. The summed E-state index contributed by atoms with van der Waals surface area (Å²) < 4.78 is 13.4. The van der Waals surface area contributed by atoms with Crippen LogP contribution in [0.5, 0.6) is 5.75 Å². The molecule has 2 N–H and O–H groups in total. The van der Waals surface area contributed by atoms with E-state index in [0.29, 0.717) is 12.4 Å². The van der Waals surface area contributed by atoms with Crippen molar-refractivity contribution in [3.8, 4) is 5.75 Å². The van der Waals surface area contributed by atoms with Crippen LogP contribution in [-0.4, -0.2) is 64.5 Å². The number of hydrogen-bond donors (Lipinski definition) is 2. The first-order chi connectivity index (χ1) is 13.3. The Hall–Kier alpha value is -2.07. The van der Waals surface area contributed by atoms with Gasteiger partial charge in [0.15, 0.2) is 0 Å². The number of nitrogens with zero attached hydrogens (tertiary/aromatic N) is 2. The number of aromatic nitrogens is 1. The van der Waals surface area contributed by atoms with E-state index in [9.17, 15) is 19.5 Å². The first-order valence-corrected chi connectivity index (χ1v) is 10.0. The molecule has 2 aliphatic rings. The third kappa shape index (κ3) is 4.85. The van der Waals surface area contributed by atoms with Gasteiger partial charge in [0.25, 0.3) is 5.56 Å². The Labute approximate surface area is 170 Å². The van der Waals surface area contributed by atoms with E-state index in [1.807, 2.05) is 0 Å². The van der Waals surface area contributed by atoms with Crippen molar-refractivity contribution in [3.63, 3.8) is 0 Å². The lowest BCUT2D eigenvalue weighted by Crippen LogP contribution is -2.57. The summed E-state index contributed by atoms with van der Waals surface area (Å²) in [6.07, 6.45) is 3.43. The second-order valence-electron chi connectivity index (χ2n) is 7.10. The van der Waals surface area contributed by atoms with Crippen LogP contribution in [0.2, 0.25) is 0 Å². The maximum atomic E-state index is 12.5. The quantitative estimate of drug-likeness (QED) is 0.705. The number of halogens is 1. The average Bonchev–Trinajstić information content (AvgIpc) is 2.67. The zero-order valence-corrected chi connectivity index (χ0v) is 17.2. The van der Waals surface area contributed by atoms with Crippen molar-refractivity contribution in [2.45, 2.75) is 43.9 Å². The van der Waals surface area contributed by atoms with Crippen LogP contribution >= 0.6 is 15.9 Å². The van der Waals surface area contributed by atoms with Crippen molar-refractivity contribution in [3.05, 3.63) is 27.1 Å². The Bertz CT molecular complexity index is 790. The van der Waals surface area contributed by atoms with E-state index in [4.69, 9.17) is 9.47 Å². The molecule has 154 valence electrons. The van der Waals surface area contributed by atoms with Crippen LogP contribution in [0.1, 0.15) is 25.7 Å². The Morgan fingerprint density at radius 3 is 2.71 bits per heavy atom. The molecule has 0 bridgehead atoms. The lowest BCUT2D eigenvalue weighted by atomic mass is 9.92. The number of ether oxygens (including phenoxy) is 2. The number of rotatable bonds is 4. The maximum Gasteiger partial charge on any atom is 0.408 e. The van der Waals surface area contributed by atoms with E-state index in [0.717, 1.165) is 35.1 Å². The first kappa shape index (κ1) is 20.7. The van der Waals surface area contributed by atoms with Crippen LogP contribution in [-0.2, 0) is 16.6 Å². The van der Waals surface area contributed by atoms with Crippen molar-refractivity contribution in [1.29, 1.82) is 0 Å². The highest BCUT2D eigenvalue weighted by Gasteiger charge is 2.34. The Kier molecular flexibility index (Phi) is 6.61. The van der Waals surface area contributed by atoms with Crippen LogP contribution in [0.15, 0.2) is 21.5 Å².